The molecule has 0 bridgehead atoms. The van der Waals surface area contributed by atoms with Gasteiger partial charge in [0.15, 0.2) is 0 Å². The van der Waals surface area contributed by atoms with Crippen LogP contribution >= 0.6 is 0 Å². The summed E-state index contributed by atoms with van der Waals surface area (Å²) in [7, 11) is 0. The van der Waals surface area contributed by atoms with Crippen molar-refractivity contribution in [2.45, 2.75) is 32.2 Å². The van der Waals surface area contributed by atoms with E-state index < -0.39 is 23.6 Å². The summed E-state index contributed by atoms with van der Waals surface area (Å²) in [5, 5.41) is 6.90. The first-order chi connectivity index (χ1) is 16.8. The molecule has 0 spiro atoms. The number of aromatic nitrogens is 4. The lowest BCUT2D eigenvalue weighted by Gasteiger charge is -2.38. The zero-order valence-corrected chi connectivity index (χ0v) is 18.8. The lowest BCUT2D eigenvalue weighted by molar-refractivity contribution is -0.134. The number of imide groups is 1. The van der Waals surface area contributed by atoms with E-state index >= 15 is 0 Å². The van der Waals surface area contributed by atoms with Crippen molar-refractivity contribution in [2.24, 2.45) is 0 Å². The molecule has 0 fully saturated rings. The minimum absolute atomic E-state index is 0.0579. The van der Waals surface area contributed by atoms with E-state index in [2.05, 4.69) is 20.2 Å². The number of hydrogen-bond acceptors (Lipinski definition) is 7. The van der Waals surface area contributed by atoms with Gasteiger partial charge in [0, 0.05) is 18.6 Å². The number of rotatable bonds is 5. The molecule has 0 aliphatic carbocycles. The van der Waals surface area contributed by atoms with Crippen molar-refractivity contribution in [1.29, 1.82) is 0 Å². The Hall–Kier alpha value is -4.34. The second-order valence-electron chi connectivity index (χ2n) is 8.57. The Kier molecular flexibility index (Phi) is 5.43. The first-order valence-electron chi connectivity index (χ1n) is 10.7. The number of benzene rings is 1. The molecule has 5 rings (SSSR count). The molecule has 8 nitrogen and oxygen atoms in total. The van der Waals surface area contributed by atoms with E-state index in [0.717, 1.165) is 11.1 Å². The molecule has 4 heterocycles. The van der Waals surface area contributed by atoms with Crippen molar-refractivity contribution in [1.82, 2.24) is 25.1 Å². The molecule has 4 aromatic rings. The lowest BCUT2D eigenvalue weighted by atomic mass is 9.75. The number of nitrogens with zero attached hydrogens (tertiary/aromatic N) is 5. The van der Waals surface area contributed by atoms with Gasteiger partial charge in [-0.05, 0) is 54.8 Å². The molecule has 1 aliphatic heterocycles. The van der Waals surface area contributed by atoms with Gasteiger partial charge in [0.05, 0.1) is 28.8 Å². The van der Waals surface area contributed by atoms with Gasteiger partial charge >= 0.3 is 6.43 Å². The summed E-state index contributed by atoms with van der Waals surface area (Å²) >= 11 is 0. The third-order valence-corrected chi connectivity index (χ3v) is 5.99. The van der Waals surface area contributed by atoms with Crippen molar-refractivity contribution in [3.63, 3.8) is 0 Å². The third kappa shape index (κ3) is 3.86. The number of carbonyl (C=O) groups is 2. The summed E-state index contributed by atoms with van der Waals surface area (Å²) in [6.07, 6.45) is 1.80. The maximum Gasteiger partial charge on any atom is 0.314 e. The molecule has 2 amide bonds. The Labute approximate surface area is 198 Å². The summed E-state index contributed by atoms with van der Waals surface area (Å²) in [4.78, 5) is 36.5. The van der Waals surface area contributed by atoms with Gasteiger partial charge in [-0.3, -0.25) is 24.5 Å². The van der Waals surface area contributed by atoms with Gasteiger partial charge in [-0.15, -0.1) is 10.2 Å². The second kappa shape index (κ2) is 8.46. The van der Waals surface area contributed by atoms with E-state index in [1.807, 2.05) is 24.3 Å². The molecule has 10 heteroatoms. The summed E-state index contributed by atoms with van der Waals surface area (Å²) in [5.74, 6) is -1.63. The number of amides is 2. The Morgan fingerprint density at radius 1 is 1.00 bits per heavy atom. The van der Waals surface area contributed by atoms with Crippen molar-refractivity contribution in [3.05, 3.63) is 83.8 Å². The van der Waals surface area contributed by atoms with Crippen LogP contribution in [0, 0.1) is 0 Å². The summed E-state index contributed by atoms with van der Waals surface area (Å²) in [6.45, 7) is 3.52. The van der Waals surface area contributed by atoms with Crippen LogP contribution in [0.1, 0.15) is 47.8 Å². The summed E-state index contributed by atoms with van der Waals surface area (Å²) in [6, 6.07) is 12.3. The highest BCUT2D eigenvalue weighted by molar-refractivity contribution is 6.15. The molecular formula is C25H19F2N5O3. The Bertz CT molecular complexity index is 1420. The highest BCUT2D eigenvalue weighted by Crippen LogP contribution is 2.39. The van der Waals surface area contributed by atoms with Gasteiger partial charge in [0.1, 0.15) is 0 Å². The van der Waals surface area contributed by atoms with Crippen LogP contribution in [-0.4, -0.2) is 36.9 Å². The molecule has 0 saturated carbocycles. The molecule has 3 aromatic heterocycles. The quantitative estimate of drug-likeness (QED) is 0.389. The van der Waals surface area contributed by atoms with Crippen LogP contribution in [-0.2, 0) is 16.8 Å². The van der Waals surface area contributed by atoms with E-state index in [9.17, 15) is 18.4 Å². The molecular weight excluding hydrogens is 456 g/mol. The van der Waals surface area contributed by atoms with E-state index in [1.165, 1.54) is 11.1 Å². The largest absolute Gasteiger partial charge is 0.415 e. The van der Waals surface area contributed by atoms with E-state index in [-0.39, 0.29) is 18.3 Å². The van der Waals surface area contributed by atoms with E-state index in [1.54, 1.807) is 44.4 Å². The highest BCUT2D eigenvalue weighted by Gasteiger charge is 2.45. The van der Waals surface area contributed by atoms with Gasteiger partial charge in [-0.25, -0.2) is 0 Å². The van der Waals surface area contributed by atoms with Gasteiger partial charge in [-0.2, -0.15) is 8.78 Å². The molecule has 0 saturated heterocycles. The number of alkyl halides is 2. The molecule has 0 N–H and O–H groups in total. The highest BCUT2D eigenvalue weighted by atomic mass is 19.3. The molecule has 35 heavy (non-hydrogen) atoms. The van der Waals surface area contributed by atoms with Crippen LogP contribution in [0.15, 0.2) is 65.5 Å². The first-order valence-corrected chi connectivity index (χ1v) is 10.7. The average molecular weight is 475 g/mol. The Balaban J connectivity index is 1.48. The minimum Gasteiger partial charge on any atom is -0.415 e. The van der Waals surface area contributed by atoms with Gasteiger partial charge in [-0.1, -0.05) is 18.2 Å². The van der Waals surface area contributed by atoms with Crippen molar-refractivity contribution in [3.8, 4) is 22.6 Å². The topological polar surface area (TPSA) is 102 Å². The Morgan fingerprint density at radius 2 is 1.77 bits per heavy atom. The molecule has 1 aliphatic rings. The van der Waals surface area contributed by atoms with Gasteiger partial charge in [0.25, 0.3) is 11.8 Å². The molecule has 176 valence electrons. The van der Waals surface area contributed by atoms with E-state index in [0.29, 0.717) is 22.4 Å². The molecule has 0 atom stereocenters. The summed E-state index contributed by atoms with van der Waals surface area (Å²) < 4.78 is 30.4. The SMILES string of the molecule is CC1(C)C(=O)N(Cc2ccc(-c3nnc(C(F)F)o3)cn2)C(=O)c2c(-c3ccncc3)cccc21. The fourth-order valence-electron chi connectivity index (χ4n) is 4.14. The monoisotopic (exact) mass is 475 g/mol. The maximum absolute atomic E-state index is 13.6. The minimum atomic E-state index is -2.87. The second-order valence-corrected chi connectivity index (χ2v) is 8.57. The standard InChI is InChI=1S/C25H19F2N5O3/c1-25(2)18-5-3-4-17(14-8-10-28-11-9-14)19(18)23(33)32(24(25)34)13-16-7-6-15(12-29-16)21-30-31-22(35-21)20(26)27/h3-12,20H,13H2,1-2H3. The number of pyridine rings is 2. The van der Waals surface area contributed by atoms with Crippen molar-refractivity contribution in [2.75, 3.05) is 0 Å². The first kappa shape index (κ1) is 22.5. The fourth-order valence-corrected chi connectivity index (χ4v) is 4.14. The number of fused-ring (bicyclic) bond motifs is 1. The lowest BCUT2D eigenvalue weighted by Crippen LogP contribution is -2.51. The van der Waals surface area contributed by atoms with E-state index in [4.69, 9.17) is 4.42 Å². The fraction of sp³-hybridized carbons (Fsp3) is 0.200. The predicted molar refractivity (Wildman–Crippen MR) is 120 cm³/mol. The zero-order valence-electron chi connectivity index (χ0n) is 18.8. The Morgan fingerprint density at radius 3 is 2.43 bits per heavy atom. The molecule has 1 aromatic carbocycles. The molecule has 0 unspecified atom stereocenters. The number of hydrogen-bond donors (Lipinski definition) is 0. The smallest absolute Gasteiger partial charge is 0.314 e. The van der Waals surface area contributed by atoms with Crippen LogP contribution in [0.5, 0.6) is 0 Å². The van der Waals surface area contributed by atoms with Crippen LogP contribution in [0.2, 0.25) is 0 Å². The predicted octanol–water partition coefficient (Wildman–Crippen LogP) is 4.59. The van der Waals surface area contributed by atoms with Crippen LogP contribution in [0.4, 0.5) is 8.78 Å². The number of carbonyl (C=O) groups excluding carboxylic acids is 2. The summed E-state index contributed by atoms with van der Waals surface area (Å²) in [5.41, 5.74) is 2.50. The van der Waals surface area contributed by atoms with Crippen LogP contribution < -0.4 is 0 Å². The normalized spacial score (nSPS) is 14.9. The van der Waals surface area contributed by atoms with Crippen molar-refractivity contribution < 1.29 is 22.8 Å². The maximum atomic E-state index is 13.6. The van der Waals surface area contributed by atoms with Crippen molar-refractivity contribution >= 4 is 11.8 Å². The molecule has 0 radical (unpaired) electrons. The number of halogens is 2. The van der Waals surface area contributed by atoms with Gasteiger partial charge in [0.2, 0.25) is 11.8 Å². The average Bonchev–Trinajstić information content (AvgIpc) is 3.37. The van der Waals surface area contributed by atoms with Crippen LogP contribution in [0.3, 0.4) is 0 Å². The third-order valence-electron chi connectivity index (χ3n) is 5.99. The zero-order chi connectivity index (χ0) is 24.7. The van der Waals surface area contributed by atoms with Crippen LogP contribution in [0.25, 0.3) is 22.6 Å². The van der Waals surface area contributed by atoms with Gasteiger partial charge < -0.3 is 4.42 Å².